The first-order valence-corrected chi connectivity index (χ1v) is 7.15. The maximum atomic E-state index is 11.9. The minimum atomic E-state index is -1.20. The fraction of sp³-hybridized carbons (Fsp3) is 0.333. The number of rotatable bonds is 6. The van der Waals surface area contributed by atoms with Crippen molar-refractivity contribution in [3.05, 3.63) is 39.4 Å². The number of nitrogens with zero attached hydrogens (tertiary/aromatic N) is 1. The van der Waals surface area contributed by atoms with Gasteiger partial charge in [-0.3, -0.25) is 14.9 Å². The normalized spacial score (nSPS) is 14.3. The smallest absolute Gasteiger partial charge is 0.330 e. The van der Waals surface area contributed by atoms with E-state index in [1.807, 2.05) is 0 Å². The molecular formula is C15H16N2O8. The summed E-state index contributed by atoms with van der Waals surface area (Å²) in [7, 11) is 1.13. The van der Waals surface area contributed by atoms with Crippen LogP contribution in [-0.4, -0.2) is 48.5 Å². The van der Waals surface area contributed by atoms with E-state index in [1.54, 1.807) is 0 Å². The van der Waals surface area contributed by atoms with Gasteiger partial charge in [-0.25, -0.2) is 4.79 Å². The van der Waals surface area contributed by atoms with Gasteiger partial charge in [-0.1, -0.05) is 0 Å². The summed E-state index contributed by atoms with van der Waals surface area (Å²) in [4.78, 5) is 33.7. The van der Waals surface area contributed by atoms with Crippen molar-refractivity contribution in [3.63, 3.8) is 0 Å². The fourth-order valence-electron chi connectivity index (χ4n) is 2.17. The number of nitrogens with one attached hydrogen (secondary N) is 1. The number of carbonyl (C=O) groups excluding carboxylic acids is 2. The predicted octanol–water partition coefficient (Wildman–Crippen LogP) is 0.125. The van der Waals surface area contributed by atoms with Crippen LogP contribution in [0.4, 0.5) is 5.69 Å². The summed E-state index contributed by atoms with van der Waals surface area (Å²) in [5.74, 6) is -1.10. The predicted molar refractivity (Wildman–Crippen MR) is 83.4 cm³/mol. The molecule has 25 heavy (non-hydrogen) atoms. The Morgan fingerprint density at radius 1 is 1.52 bits per heavy atom. The second-order valence-electron chi connectivity index (χ2n) is 4.99. The van der Waals surface area contributed by atoms with E-state index in [1.165, 1.54) is 18.2 Å². The highest BCUT2D eigenvalue weighted by Gasteiger charge is 2.21. The van der Waals surface area contributed by atoms with Crippen LogP contribution in [0.15, 0.2) is 18.2 Å². The highest BCUT2D eigenvalue weighted by atomic mass is 16.7. The summed E-state index contributed by atoms with van der Waals surface area (Å²) >= 11 is 0. The molecule has 1 heterocycles. The molecule has 0 bridgehead atoms. The summed E-state index contributed by atoms with van der Waals surface area (Å²) in [6.45, 7) is -0.481. The molecule has 1 atom stereocenters. The number of ether oxygens (including phenoxy) is 3. The van der Waals surface area contributed by atoms with Gasteiger partial charge in [-0.15, -0.1) is 0 Å². The van der Waals surface area contributed by atoms with Crippen molar-refractivity contribution in [3.8, 4) is 5.75 Å². The Hall–Kier alpha value is -2.98. The van der Waals surface area contributed by atoms with Crippen LogP contribution in [0.3, 0.4) is 0 Å². The van der Waals surface area contributed by atoms with Crippen LogP contribution < -0.4 is 10.1 Å². The van der Waals surface area contributed by atoms with Gasteiger partial charge in [0.2, 0.25) is 5.91 Å². The minimum Gasteiger partial charge on any atom is -0.467 e. The van der Waals surface area contributed by atoms with Crippen molar-refractivity contribution < 1.29 is 33.8 Å². The summed E-state index contributed by atoms with van der Waals surface area (Å²) < 4.78 is 14.9. The van der Waals surface area contributed by atoms with Crippen LogP contribution in [0.2, 0.25) is 0 Å². The van der Waals surface area contributed by atoms with Crippen molar-refractivity contribution in [1.29, 1.82) is 0 Å². The number of amides is 1. The largest absolute Gasteiger partial charge is 0.467 e. The highest BCUT2D eigenvalue weighted by molar-refractivity contribution is 5.95. The van der Waals surface area contributed by atoms with Gasteiger partial charge in [0.15, 0.2) is 12.8 Å². The van der Waals surface area contributed by atoms with Crippen molar-refractivity contribution >= 4 is 23.6 Å². The molecule has 1 aliphatic rings. The quantitative estimate of drug-likeness (QED) is 0.319. The molecule has 1 aromatic rings. The second kappa shape index (κ2) is 8.22. The molecule has 134 valence electrons. The third-order valence-corrected chi connectivity index (χ3v) is 3.33. The maximum absolute atomic E-state index is 11.9. The van der Waals surface area contributed by atoms with Crippen LogP contribution in [0.5, 0.6) is 5.75 Å². The molecule has 1 amide bonds. The number of aliphatic hydroxyl groups is 1. The van der Waals surface area contributed by atoms with E-state index < -0.39 is 29.4 Å². The molecule has 10 nitrogen and oxygen atoms in total. The first-order valence-electron chi connectivity index (χ1n) is 7.15. The van der Waals surface area contributed by atoms with E-state index in [-0.39, 0.29) is 19.1 Å². The van der Waals surface area contributed by atoms with E-state index in [4.69, 9.17) is 14.6 Å². The van der Waals surface area contributed by atoms with E-state index in [2.05, 4.69) is 10.1 Å². The number of carbonyl (C=O) groups is 2. The second-order valence-corrected chi connectivity index (χ2v) is 4.99. The van der Waals surface area contributed by atoms with Crippen LogP contribution in [0.25, 0.3) is 6.08 Å². The maximum Gasteiger partial charge on any atom is 0.330 e. The SMILES string of the molecule is COC(=O)[C@@H](CO)NC(=O)/C=C/c1cc([N+](=O)[O-])cc2c1OCOC2. The molecule has 2 rings (SSSR count). The molecule has 0 aromatic heterocycles. The Morgan fingerprint density at radius 3 is 2.92 bits per heavy atom. The Morgan fingerprint density at radius 2 is 2.28 bits per heavy atom. The van der Waals surface area contributed by atoms with E-state index in [9.17, 15) is 19.7 Å². The zero-order valence-electron chi connectivity index (χ0n) is 13.3. The van der Waals surface area contributed by atoms with Crippen LogP contribution in [0.1, 0.15) is 11.1 Å². The average molecular weight is 352 g/mol. The van der Waals surface area contributed by atoms with E-state index in [0.717, 1.165) is 13.2 Å². The number of benzene rings is 1. The van der Waals surface area contributed by atoms with Crippen LogP contribution in [-0.2, 0) is 25.7 Å². The molecule has 0 saturated heterocycles. The number of aliphatic hydroxyl groups excluding tert-OH is 1. The van der Waals surface area contributed by atoms with Crippen molar-refractivity contribution in [2.75, 3.05) is 20.5 Å². The van der Waals surface area contributed by atoms with Gasteiger partial charge in [-0.2, -0.15) is 0 Å². The molecule has 0 radical (unpaired) electrons. The number of methoxy groups -OCH3 is 1. The monoisotopic (exact) mass is 352 g/mol. The molecule has 0 aliphatic carbocycles. The molecular weight excluding hydrogens is 336 g/mol. The highest BCUT2D eigenvalue weighted by Crippen LogP contribution is 2.33. The van der Waals surface area contributed by atoms with Crippen LogP contribution in [0, 0.1) is 10.1 Å². The van der Waals surface area contributed by atoms with Gasteiger partial charge >= 0.3 is 5.97 Å². The molecule has 0 saturated carbocycles. The van der Waals surface area contributed by atoms with Gasteiger partial charge in [0.25, 0.3) is 5.69 Å². The summed E-state index contributed by atoms with van der Waals surface area (Å²) in [5, 5.41) is 22.3. The Kier molecular flexibility index (Phi) is 6.03. The van der Waals surface area contributed by atoms with Crippen molar-refractivity contribution in [1.82, 2.24) is 5.32 Å². The lowest BCUT2D eigenvalue weighted by atomic mass is 10.1. The number of non-ortho nitro benzene ring substituents is 1. The lowest BCUT2D eigenvalue weighted by Gasteiger charge is -2.19. The molecule has 1 aliphatic heterocycles. The molecule has 0 unspecified atom stereocenters. The molecule has 1 aromatic carbocycles. The van der Waals surface area contributed by atoms with Crippen molar-refractivity contribution in [2.24, 2.45) is 0 Å². The van der Waals surface area contributed by atoms with Gasteiger partial charge < -0.3 is 24.6 Å². The molecule has 0 spiro atoms. The van der Waals surface area contributed by atoms with Crippen LogP contribution >= 0.6 is 0 Å². The van der Waals surface area contributed by atoms with Gasteiger partial charge in [0, 0.05) is 29.3 Å². The summed E-state index contributed by atoms with van der Waals surface area (Å²) in [6, 6.07) is 1.40. The number of fused-ring (bicyclic) bond motifs is 1. The minimum absolute atomic E-state index is 0.00717. The standard InChI is InChI=1S/C15H16N2O8/c1-23-15(20)12(6-18)16-13(19)3-2-9-4-11(17(21)22)5-10-7-24-8-25-14(9)10/h2-5,12,18H,6-8H2,1H3,(H,16,19)/b3-2+/t12-/m1/s1. The molecule has 2 N–H and O–H groups in total. The fourth-order valence-corrected chi connectivity index (χ4v) is 2.17. The molecule has 10 heteroatoms. The zero-order valence-corrected chi connectivity index (χ0v) is 13.3. The Balaban J connectivity index is 2.22. The first-order chi connectivity index (χ1) is 12.0. The lowest BCUT2D eigenvalue weighted by molar-refractivity contribution is -0.385. The number of nitro benzene ring substituents is 1. The van der Waals surface area contributed by atoms with Gasteiger partial charge in [-0.05, 0) is 6.08 Å². The average Bonchev–Trinajstić information content (AvgIpc) is 2.63. The van der Waals surface area contributed by atoms with Crippen molar-refractivity contribution in [2.45, 2.75) is 12.6 Å². The Labute approximate surface area is 142 Å². The van der Waals surface area contributed by atoms with E-state index >= 15 is 0 Å². The molecule has 0 fully saturated rings. The summed E-state index contributed by atoms with van der Waals surface area (Å²) in [5.41, 5.74) is 0.639. The topological polar surface area (TPSA) is 137 Å². The lowest BCUT2D eigenvalue weighted by Crippen LogP contribution is -2.43. The third kappa shape index (κ3) is 4.52. The Bertz CT molecular complexity index is 716. The van der Waals surface area contributed by atoms with Gasteiger partial charge in [0.1, 0.15) is 5.75 Å². The third-order valence-electron chi connectivity index (χ3n) is 3.33. The zero-order chi connectivity index (χ0) is 18.4. The van der Waals surface area contributed by atoms with Gasteiger partial charge in [0.05, 0.1) is 25.2 Å². The summed E-state index contributed by atoms with van der Waals surface area (Å²) in [6.07, 6.45) is 2.39. The van der Waals surface area contributed by atoms with E-state index in [0.29, 0.717) is 16.9 Å². The number of hydrogen-bond donors (Lipinski definition) is 2. The first kappa shape index (κ1) is 18.4. The number of hydrogen-bond acceptors (Lipinski definition) is 8. The number of nitro groups is 1. The number of esters is 1.